The highest BCUT2D eigenvalue weighted by Crippen LogP contribution is 2.36. The number of likely N-dealkylation sites (tertiary alicyclic amines) is 1. The summed E-state index contributed by atoms with van der Waals surface area (Å²) in [6.07, 6.45) is 5.55. The molecule has 0 aromatic heterocycles. The number of amides is 1. The van der Waals surface area contributed by atoms with E-state index < -0.39 is 5.60 Å². The van der Waals surface area contributed by atoms with Crippen molar-refractivity contribution in [3.05, 3.63) is 0 Å². The van der Waals surface area contributed by atoms with Crippen LogP contribution in [0.1, 0.15) is 59.8 Å². The standard InChI is InChI=1S/C18H34N2O3/c1-13(21)11-19-16-9-10-20(17(22)23-18(2,3)4)12-15(16)14-7-5-6-8-14/h13-16,19,21H,5-12H2,1-4H3/t13-,15?,16?/m1/s1. The zero-order valence-corrected chi connectivity index (χ0v) is 15.2. The SMILES string of the molecule is C[C@@H](O)CNC1CCN(C(=O)OC(C)(C)C)CC1C1CCCC1. The molecule has 5 heteroatoms. The fraction of sp³-hybridized carbons (Fsp3) is 0.944. The van der Waals surface area contributed by atoms with Crippen molar-refractivity contribution in [2.45, 2.75) is 77.5 Å². The highest BCUT2D eigenvalue weighted by Gasteiger charge is 2.38. The van der Waals surface area contributed by atoms with Gasteiger partial charge >= 0.3 is 6.09 Å². The van der Waals surface area contributed by atoms with E-state index in [0.29, 0.717) is 24.4 Å². The van der Waals surface area contributed by atoms with Gasteiger partial charge in [0.2, 0.25) is 0 Å². The molecule has 5 nitrogen and oxygen atoms in total. The summed E-state index contributed by atoms with van der Waals surface area (Å²) >= 11 is 0. The third-order valence-electron chi connectivity index (χ3n) is 4.99. The fourth-order valence-corrected chi connectivity index (χ4v) is 3.91. The molecule has 0 spiro atoms. The van der Waals surface area contributed by atoms with Crippen molar-refractivity contribution >= 4 is 6.09 Å². The molecule has 23 heavy (non-hydrogen) atoms. The number of aliphatic hydroxyl groups excluding tert-OH is 1. The monoisotopic (exact) mass is 326 g/mol. The van der Waals surface area contributed by atoms with Crippen molar-refractivity contribution < 1.29 is 14.6 Å². The molecule has 0 aromatic carbocycles. The highest BCUT2D eigenvalue weighted by atomic mass is 16.6. The number of ether oxygens (including phenoxy) is 1. The van der Waals surface area contributed by atoms with Gasteiger partial charge in [-0.1, -0.05) is 25.7 Å². The summed E-state index contributed by atoms with van der Waals surface area (Å²) in [5.74, 6) is 1.16. The molecule has 1 saturated carbocycles. The summed E-state index contributed by atoms with van der Waals surface area (Å²) in [5, 5.41) is 13.1. The number of carbonyl (C=O) groups is 1. The number of hydrogen-bond donors (Lipinski definition) is 2. The Labute approximate surface area is 140 Å². The van der Waals surface area contributed by atoms with Crippen LogP contribution in [0.3, 0.4) is 0 Å². The van der Waals surface area contributed by atoms with E-state index in [-0.39, 0.29) is 12.2 Å². The largest absolute Gasteiger partial charge is 0.444 e. The van der Waals surface area contributed by atoms with Gasteiger partial charge in [0.05, 0.1) is 6.10 Å². The van der Waals surface area contributed by atoms with E-state index in [0.717, 1.165) is 19.5 Å². The van der Waals surface area contributed by atoms with Gasteiger partial charge in [-0.3, -0.25) is 0 Å². The van der Waals surface area contributed by atoms with E-state index >= 15 is 0 Å². The first-order chi connectivity index (χ1) is 10.8. The Morgan fingerprint density at radius 1 is 1.30 bits per heavy atom. The summed E-state index contributed by atoms with van der Waals surface area (Å²) < 4.78 is 5.55. The van der Waals surface area contributed by atoms with Gasteiger partial charge in [0.15, 0.2) is 0 Å². The minimum absolute atomic E-state index is 0.186. The van der Waals surface area contributed by atoms with E-state index in [2.05, 4.69) is 5.32 Å². The van der Waals surface area contributed by atoms with E-state index in [1.165, 1.54) is 25.7 Å². The number of rotatable bonds is 4. The minimum atomic E-state index is -0.443. The van der Waals surface area contributed by atoms with Crippen LogP contribution in [0.5, 0.6) is 0 Å². The Morgan fingerprint density at radius 3 is 2.52 bits per heavy atom. The van der Waals surface area contributed by atoms with Crippen LogP contribution in [0.2, 0.25) is 0 Å². The molecule has 1 heterocycles. The van der Waals surface area contributed by atoms with Crippen molar-refractivity contribution in [3.8, 4) is 0 Å². The molecule has 3 atom stereocenters. The predicted molar refractivity (Wildman–Crippen MR) is 91.3 cm³/mol. The maximum atomic E-state index is 12.4. The van der Waals surface area contributed by atoms with Crippen LogP contribution in [0.15, 0.2) is 0 Å². The smallest absolute Gasteiger partial charge is 0.410 e. The van der Waals surface area contributed by atoms with Gasteiger partial charge in [0.25, 0.3) is 0 Å². The molecule has 1 amide bonds. The number of nitrogens with zero attached hydrogens (tertiary/aromatic N) is 1. The van der Waals surface area contributed by atoms with E-state index in [1.807, 2.05) is 32.6 Å². The minimum Gasteiger partial charge on any atom is -0.444 e. The van der Waals surface area contributed by atoms with Gasteiger partial charge in [-0.05, 0) is 46.0 Å². The van der Waals surface area contributed by atoms with E-state index in [1.54, 1.807) is 0 Å². The average Bonchev–Trinajstić information content (AvgIpc) is 2.97. The molecular weight excluding hydrogens is 292 g/mol. The lowest BCUT2D eigenvalue weighted by Gasteiger charge is -2.42. The normalized spacial score (nSPS) is 28.0. The molecule has 2 aliphatic rings. The van der Waals surface area contributed by atoms with Crippen molar-refractivity contribution in [3.63, 3.8) is 0 Å². The molecule has 2 rings (SSSR count). The third kappa shape index (κ3) is 5.64. The Kier molecular flexibility index (Phi) is 6.32. The summed E-state index contributed by atoms with van der Waals surface area (Å²) in [6, 6.07) is 0.395. The fourth-order valence-electron chi connectivity index (χ4n) is 3.91. The van der Waals surface area contributed by atoms with E-state index in [4.69, 9.17) is 4.74 Å². The molecule has 0 radical (unpaired) electrons. The zero-order chi connectivity index (χ0) is 17.0. The third-order valence-corrected chi connectivity index (χ3v) is 4.99. The molecule has 1 saturated heterocycles. The van der Waals surface area contributed by atoms with Crippen LogP contribution in [-0.2, 0) is 4.74 Å². The Balaban J connectivity index is 1.98. The van der Waals surface area contributed by atoms with Gasteiger partial charge in [-0.25, -0.2) is 4.79 Å². The number of hydrogen-bond acceptors (Lipinski definition) is 4. The number of carbonyl (C=O) groups excluding carboxylic acids is 1. The summed E-state index contributed by atoms with van der Waals surface area (Å²) in [5.41, 5.74) is -0.443. The van der Waals surface area contributed by atoms with Crippen molar-refractivity contribution in [2.75, 3.05) is 19.6 Å². The lowest BCUT2D eigenvalue weighted by molar-refractivity contribution is 0.00748. The van der Waals surface area contributed by atoms with Crippen LogP contribution < -0.4 is 5.32 Å². The van der Waals surface area contributed by atoms with Gasteiger partial charge in [-0.15, -0.1) is 0 Å². The maximum absolute atomic E-state index is 12.4. The topological polar surface area (TPSA) is 61.8 Å². The average molecular weight is 326 g/mol. The first-order valence-corrected chi connectivity index (χ1v) is 9.15. The van der Waals surface area contributed by atoms with Crippen molar-refractivity contribution in [1.82, 2.24) is 10.2 Å². The molecule has 2 fully saturated rings. The quantitative estimate of drug-likeness (QED) is 0.834. The molecule has 2 unspecified atom stereocenters. The number of nitrogens with one attached hydrogen (secondary N) is 1. The second-order valence-corrected chi connectivity index (χ2v) is 8.29. The van der Waals surface area contributed by atoms with Crippen LogP contribution >= 0.6 is 0 Å². The number of aliphatic hydroxyl groups is 1. The van der Waals surface area contributed by atoms with Gasteiger partial charge < -0.3 is 20.1 Å². The predicted octanol–water partition coefficient (Wildman–Crippen LogP) is 2.77. The molecular formula is C18H34N2O3. The first-order valence-electron chi connectivity index (χ1n) is 9.15. The lowest BCUT2D eigenvalue weighted by atomic mass is 9.80. The zero-order valence-electron chi connectivity index (χ0n) is 15.2. The highest BCUT2D eigenvalue weighted by molar-refractivity contribution is 5.68. The summed E-state index contributed by atoms with van der Waals surface area (Å²) in [6.45, 7) is 9.68. The molecule has 0 bridgehead atoms. The van der Waals surface area contributed by atoms with Crippen molar-refractivity contribution in [1.29, 1.82) is 0 Å². The molecule has 1 aliphatic heterocycles. The second-order valence-electron chi connectivity index (χ2n) is 8.29. The number of piperidine rings is 1. The first kappa shape index (κ1) is 18.5. The molecule has 0 aromatic rings. The van der Waals surface area contributed by atoms with Gasteiger partial charge in [0.1, 0.15) is 5.60 Å². The van der Waals surface area contributed by atoms with Crippen molar-refractivity contribution in [2.24, 2.45) is 11.8 Å². The maximum Gasteiger partial charge on any atom is 0.410 e. The Morgan fingerprint density at radius 2 is 1.96 bits per heavy atom. The molecule has 2 N–H and O–H groups in total. The summed E-state index contributed by atoms with van der Waals surface area (Å²) in [4.78, 5) is 14.3. The van der Waals surface area contributed by atoms with Crippen LogP contribution in [0, 0.1) is 11.8 Å². The van der Waals surface area contributed by atoms with Crippen LogP contribution in [0.4, 0.5) is 4.79 Å². The van der Waals surface area contributed by atoms with Crippen LogP contribution in [0.25, 0.3) is 0 Å². The Hall–Kier alpha value is -0.810. The van der Waals surface area contributed by atoms with Gasteiger partial charge in [-0.2, -0.15) is 0 Å². The van der Waals surface area contributed by atoms with Gasteiger partial charge in [0, 0.05) is 25.7 Å². The lowest BCUT2D eigenvalue weighted by Crippen LogP contribution is -2.54. The van der Waals surface area contributed by atoms with E-state index in [9.17, 15) is 9.90 Å². The molecule has 1 aliphatic carbocycles. The second kappa shape index (κ2) is 7.84. The molecule has 134 valence electrons. The van der Waals surface area contributed by atoms with Crippen LogP contribution in [-0.4, -0.2) is 53.5 Å². The Bertz CT molecular complexity index is 386. The summed E-state index contributed by atoms with van der Waals surface area (Å²) in [7, 11) is 0.